The summed E-state index contributed by atoms with van der Waals surface area (Å²) in [6, 6.07) is 0.191. The van der Waals surface area contributed by atoms with E-state index in [1.807, 2.05) is 10.9 Å². The van der Waals surface area contributed by atoms with E-state index in [1.165, 1.54) is 0 Å². The second-order valence-electron chi connectivity index (χ2n) is 3.20. The Morgan fingerprint density at radius 2 is 2.42 bits per heavy atom. The lowest BCUT2D eigenvalue weighted by Crippen LogP contribution is -2.18. The first-order chi connectivity index (χ1) is 5.77. The van der Waals surface area contributed by atoms with Crippen molar-refractivity contribution >= 4 is 15.9 Å². The Balaban J connectivity index is 2.19. The lowest BCUT2D eigenvalue weighted by atomic mass is 10.2. The molecular weight excluding hydrogens is 220 g/mol. The highest BCUT2D eigenvalue weighted by molar-refractivity contribution is 9.10. The zero-order valence-electron chi connectivity index (χ0n) is 6.65. The number of halogens is 1. The van der Waals surface area contributed by atoms with Gasteiger partial charge in [-0.1, -0.05) is 0 Å². The topological polar surface area (TPSA) is 38.0 Å². The minimum absolute atomic E-state index is 0.191. The van der Waals surface area contributed by atoms with Crippen LogP contribution in [0.25, 0.3) is 0 Å². The van der Waals surface area contributed by atoms with Gasteiger partial charge in [0.05, 0.1) is 22.8 Å². The molecule has 1 heterocycles. The normalized spacial score (nSPS) is 29.5. The summed E-state index contributed by atoms with van der Waals surface area (Å²) in [6.45, 7) is 0. The van der Waals surface area contributed by atoms with Crippen molar-refractivity contribution in [3.05, 3.63) is 16.9 Å². The van der Waals surface area contributed by atoms with E-state index in [0.29, 0.717) is 0 Å². The fraction of sp³-hybridized carbons (Fsp3) is 0.625. The smallest absolute Gasteiger partial charge is 0.0778 e. The van der Waals surface area contributed by atoms with Gasteiger partial charge in [0, 0.05) is 6.20 Å². The zero-order chi connectivity index (χ0) is 8.55. The van der Waals surface area contributed by atoms with Crippen molar-refractivity contribution in [3.8, 4) is 0 Å². The van der Waals surface area contributed by atoms with Crippen LogP contribution in [0.5, 0.6) is 0 Å². The van der Waals surface area contributed by atoms with Crippen LogP contribution in [0.15, 0.2) is 16.9 Å². The maximum absolute atomic E-state index is 9.58. The second kappa shape index (κ2) is 3.18. The Morgan fingerprint density at radius 1 is 1.58 bits per heavy atom. The summed E-state index contributed by atoms with van der Waals surface area (Å²) < 4.78 is 2.82. The third kappa shape index (κ3) is 1.41. The molecule has 0 spiro atoms. The van der Waals surface area contributed by atoms with Crippen LogP contribution in [0, 0.1) is 0 Å². The molecule has 1 saturated carbocycles. The summed E-state index contributed by atoms with van der Waals surface area (Å²) in [5, 5.41) is 13.7. The van der Waals surface area contributed by atoms with E-state index in [1.54, 1.807) is 6.20 Å². The van der Waals surface area contributed by atoms with Gasteiger partial charge in [-0.05, 0) is 35.2 Å². The third-order valence-corrected chi connectivity index (χ3v) is 2.76. The van der Waals surface area contributed by atoms with Crippen LogP contribution in [0.4, 0.5) is 0 Å². The molecule has 12 heavy (non-hydrogen) atoms. The molecule has 0 amide bonds. The summed E-state index contributed by atoms with van der Waals surface area (Å²) in [4.78, 5) is 0. The van der Waals surface area contributed by atoms with E-state index in [-0.39, 0.29) is 12.1 Å². The van der Waals surface area contributed by atoms with Crippen molar-refractivity contribution in [3.63, 3.8) is 0 Å². The molecule has 1 aromatic heterocycles. The van der Waals surface area contributed by atoms with E-state index >= 15 is 0 Å². The largest absolute Gasteiger partial charge is 0.391 e. The zero-order valence-corrected chi connectivity index (χ0v) is 8.24. The van der Waals surface area contributed by atoms with Gasteiger partial charge in [0.15, 0.2) is 0 Å². The lowest BCUT2D eigenvalue weighted by molar-refractivity contribution is 0.130. The van der Waals surface area contributed by atoms with Gasteiger partial charge in [0.1, 0.15) is 0 Å². The molecule has 1 N–H and O–H groups in total. The Kier molecular flexibility index (Phi) is 2.19. The first-order valence-corrected chi connectivity index (χ1v) is 4.94. The Hall–Kier alpha value is -0.350. The molecule has 0 aromatic carbocycles. The molecular formula is C8H11BrN2O. The molecule has 1 unspecified atom stereocenters. The molecule has 0 aliphatic heterocycles. The third-order valence-electron chi connectivity index (χ3n) is 2.35. The number of hydrogen-bond donors (Lipinski definition) is 1. The lowest BCUT2D eigenvalue weighted by Gasteiger charge is -2.14. The Labute approximate surface area is 79.5 Å². The average molecular weight is 231 g/mol. The van der Waals surface area contributed by atoms with Crippen molar-refractivity contribution in [1.82, 2.24) is 9.78 Å². The van der Waals surface area contributed by atoms with Crippen LogP contribution < -0.4 is 0 Å². The molecule has 1 aliphatic carbocycles. The number of aromatic nitrogens is 2. The van der Waals surface area contributed by atoms with E-state index in [9.17, 15) is 5.11 Å². The van der Waals surface area contributed by atoms with Gasteiger partial charge in [-0.15, -0.1) is 0 Å². The first kappa shape index (κ1) is 8.26. The minimum atomic E-state index is -0.211. The van der Waals surface area contributed by atoms with Gasteiger partial charge in [-0.2, -0.15) is 5.10 Å². The Bertz CT molecular complexity index is 274. The van der Waals surface area contributed by atoms with Gasteiger partial charge in [-0.3, -0.25) is 4.68 Å². The molecule has 1 aromatic rings. The van der Waals surface area contributed by atoms with Crippen LogP contribution in [0.3, 0.4) is 0 Å². The molecule has 1 aliphatic rings. The molecule has 2 rings (SSSR count). The quantitative estimate of drug-likeness (QED) is 0.799. The monoisotopic (exact) mass is 230 g/mol. The van der Waals surface area contributed by atoms with Crippen LogP contribution in [0.1, 0.15) is 25.3 Å². The standard InChI is InChI=1S/C8H11BrN2O/c9-6-4-10-11(5-6)7-2-1-3-8(7)12/h4-5,7-8,12H,1-3H2/t7?,8-/m1/s1. The molecule has 66 valence electrons. The van der Waals surface area contributed by atoms with E-state index in [0.717, 1.165) is 23.7 Å². The van der Waals surface area contributed by atoms with Crippen molar-refractivity contribution in [2.75, 3.05) is 0 Å². The average Bonchev–Trinajstić information content (AvgIpc) is 2.58. The maximum Gasteiger partial charge on any atom is 0.0778 e. The fourth-order valence-corrected chi connectivity index (χ4v) is 2.03. The highest BCUT2D eigenvalue weighted by atomic mass is 79.9. The summed E-state index contributed by atoms with van der Waals surface area (Å²) in [5.74, 6) is 0. The molecule has 0 radical (unpaired) electrons. The van der Waals surface area contributed by atoms with E-state index in [4.69, 9.17) is 0 Å². The van der Waals surface area contributed by atoms with Crippen LogP contribution in [-0.2, 0) is 0 Å². The van der Waals surface area contributed by atoms with Gasteiger partial charge in [0.25, 0.3) is 0 Å². The molecule has 2 atom stereocenters. The number of nitrogens with zero attached hydrogens (tertiary/aromatic N) is 2. The Morgan fingerprint density at radius 3 is 2.92 bits per heavy atom. The van der Waals surface area contributed by atoms with Crippen LogP contribution in [0.2, 0.25) is 0 Å². The second-order valence-corrected chi connectivity index (χ2v) is 4.12. The summed E-state index contributed by atoms with van der Waals surface area (Å²) >= 11 is 3.33. The number of aliphatic hydroxyl groups excluding tert-OH is 1. The molecule has 3 nitrogen and oxygen atoms in total. The number of hydrogen-bond acceptors (Lipinski definition) is 2. The van der Waals surface area contributed by atoms with Crippen molar-refractivity contribution in [1.29, 1.82) is 0 Å². The van der Waals surface area contributed by atoms with Gasteiger partial charge >= 0.3 is 0 Å². The summed E-state index contributed by atoms with van der Waals surface area (Å²) in [6.07, 6.45) is 6.50. The molecule has 0 saturated heterocycles. The fourth-order valence-electron chi connectivity index (χ4n) is 1.73. The van der Waals surface area contributed by atoms with Crippen LogP contribution >= 0.6 is 15.9 Å². The van der Waals surface area contributed by atoms with Crippen molar-refractivity contribution in [2.24, 2.45) is 0 Å². The van der Waals surface area contributed by atoms with Gasteiger partial charge in [0.2, 0.25) is 0 Å². The van der Waals surface area contributed by atoms with Gasteiger partial charge in [-0.25, -0.2) is 0 Å². The predicted molar refractivity (Wildman–Crippen MR) is 48.8 cm³/mol. The first-order valence-electron chi connectivity index (χ1n) is 4.15. The summed E-state index contributed by atoms with van der Waals surface area (Å²) in [5.41, 5.74) is 0. The molecule has 0 bridgehead atoms. The maximum atomic E-state index is 9.58. The predicted octanol–water partition coefficient (Wildman–Crippen LogP) is 1.73. The highest BCUT2D eigenvalue weighted by Gasteiger charge is 2.26. The van der Waals surface area contributed by atoms with Crippen LogP contribution in [-0.4, -0.2) is 21.0 Å². The van der Waals surface area contributed by atoms with E-state index < -0.39 is 0 Å². The van der Waals surface area contributed by atoms with Crippen molar-refractivity contribution < 1.29 is 5.11 Å². The van der Waals surface area contributed by atoms with E-state index in [2.05, 4.69) is 21.0 Å². The number of aliphatic hydroxyl groups is 1. The van der Waals surface area contributed by atoms with Gasteiger partial charge < -0.3 is 5.11 Å². The highest BCUT2D eigenvalue weighted by Crippen LogP contribution is 2.29. The summed E-state index contributed by atoms with van der Waals surface area (Å²) in [7, 11) is 0. The SMILES string of the molecule is O[C@@H]1CCCC1n1cc(Br)cn1. The minimum Gasteiger partial charge on any atom is -0.391 e. The molecule has 1 fully saturated rings. The van der Waals surface area contributed by atoms with Crippen molar-refractivity contribution in [2.45, 2.75) is 31.4 Å². The number of rotatable bonds is 1. The molecule has 4 heteroatoms.